The van der Waals surface area contributed by atoms with Gasteiger partial charge in [0, 0.05) is 25.2 Å². The first-order chi connectivity index (χ1) is 8.88. The summed E-state index contributed by atoms with van der Waals surface area (Å²) in [5, 5.41) is 9.32. The van der Waals surface area contributed by atoms with Gasteiger partial charge in [-0.25, -0.2) is 0 Å². The molecule has 0 bridgehead atoms. The van der Waals surface area contributed by atoms with E-state index in [1.807, 2.05) is 19.2 Å². The Bertz CT molecular complexity index is 428. The molecule has 106 valence electrons. The standard InChI is InChI=1S/C14H22N2O3/c1-14(2)10-15(3)7-11(13(17)18)8-16(14)9-12-5-4-6-19-12/h4-6,11H,7-10H2,1-3H3,(H,17,18). The fourth-order valence-electron chi connectivity index (χ4n) is 2.80. The Morgan fingerprint density at radius 1 is 1.53 bits per heavy atom. The summed E-state index contributed by atoms with van der Waals surface area (Å²) in [6, 6.07) is 3.79. The summed E-state index contributed by atoms with van der Waals surface area (Å²) in [6.45, 7) is 6.93. The lowest BCUT2D eigenvalue weighted by Crippen LogP contribution is -2.48. The largest absolute Gasteiger partial charge is 0.481 e. The van der Waals surface area contributed by atoms with Crippen molar-refractivity contribution >= 4 is 5.97 Å². The Morgan fingerprint density at radius 3 is 2.84 bits per heavy atom. The number of nitrogens with zero attached hydrogens (tertiary/aromatic N) is 2. The van der Waals surface area contributed by atoms with Crippen molar-refractivity contribution in [3.8, 4) is 0 Å². The van der Waals surface area contributed by atoms with E-state index < -0.39 is 5.97 Å². The lowest BCUT2D eigenvalue weighted by Gasteiger charge is -2.37. The van der Waals surface area contributed by atoms with Gasteiger partial charge in [-0.15, -0.1) is 0 Å². The Hall–Kier alpha value is -1.33. The van der Waals surface area contributed by atoms with Gasteiger partial charge in [0.1, 0.15) is 5.76 Å². The summed E-state index contributed by atoms with van der Waals surface area (Å²) in [7, 11) is 1.98. The second kappa shape index (κ2) is 5.35. The minimum Gasteiger partial charge on any atom is -0.481 e. The van der Waals surface area contributed by atoms with Gasteiger partial charge in [0.25, 0.3) is 0 Å². The van der Waals surface area contributed by atoms with Crippen molar-refractivity contribution < 1.29 is 14.3 Å². The third kappa shape index (κ3) is 3.36. The zero-order valence-corrected chi connectivity index (χ0v) is 11.8. The van der Waals surface area contributed by atoms with E-state index in [4.69, 9.17) is 4.42 Å². The maximum absolute atomic E-state index is 11.3. The van der Waals surface area contributed by atoms with E-state index in [-0.39, 0.29) is 11.5 Å². The van der Waals surface area contributed by atoms with Crippen LogP contribution in [0.4, 0.5) is 0 Å². The molecule has 0 aliphatic carbocycles. The van der Waals surface area contributed by atoms with E-state index in [0.29, 0.717) is 19.6 Å². The fraction of sp³-hybridized carbons (Fsp3) is 0.643. The number of likely N-dealkylation sites (N-methyl/N-ethyl adjacent to an activating group) is 1. The second-order valence-corrected chi connectivity index (χ2v) is 6.00. The molecule has 0 amide bonds. The number of carbonyl (C=O) groups is 1. The fourth-order valence-corrected chi connectivity index (χ4v) is 2.80. The molecule has 1 fully saturated rings. The molecular formula is C14H22N2O3. The highest BCUT2D eigenvalue weighted by atomic mass is 16.4. The Morgan fingerprint density at radius 2 is 2.26 bits per heavy atom. The molecule has 0 spiro atoms. The number of aliphatic carboxylic acids is 1. The summed E-state index contributed by atoms with van der Waals surface area (Å²) in [5.74, 6) is -0.211. The molecule has 0 saturated carbocycles. The lowest BCUT2D eigenvalue weighted by atomic mass is 10.0. The monoisotopic (exact) mass is 266 g/mol. The summed E-state index contributed by atoms with van der Waals surface area (Å²) in [5.41, 5.74) is -0.0776. The molecule has 5 nitrogen and oxygen atoms in total. The topological polar surface area (TPSA) is 56.9 Å². The Balaban J connectivity index is 2.18. The van der Waals surface area contributed by atoms with Crippen molar-refractivity contribution in [2.45, 2.75) is 25.9 Å². The van der Waals surface area contributed by atoms with Crippen LogP contribution in [-0.2, 0) is 11.3 Å². The van der Waals surface area contributed by atoms with Crippen LogP contribution in [0.15, 0.2) is 22.8 Å². The van der Waals surface area contributed by atoms with E-state index in [2.05, 4.69) is 23.6 Å². The number of carboxylic acids is 1. The second-order valence-electron chi connectivity index (χ2n) is 6.00. The summed E-state index contributed by atoms with van der Waals surface area (Å²) < 4.78 is 5.39. The number of furan rings is 1. The molecule has 0 radical (unpaired) electrons. The van der Waals surface area contributed by atoms with Crippen molar-refractivity contribution in [2.24, 2.45) is 5.92 Å². The lowest BCUT2D eigenvalue weighted by molar-refractivity contribution is -0.142. The smallest absolute Gasteiger partial charge is 0.309 e. The average Bonchev–Trinajstić information content (AvgIpc) is 2.74. The third-order valence-electron chi connectivity index (χ3n) is 3.76. The summed E-state index contributed by atoms with van der Waals surface area (Å²) in [6.07, 6.45) is 1.65. The number of carboxylic acid groups (broad SMARTS) is 1. The highest BCUT2D eigenvalue weighted by Crippen LogP contribution is 2.24. The van der Waals surface area contributed by atoms with Gasteiger partial charge in [0.05, 0.1) is 18.7 Å². The van der Waals surface area contributed by atoms with Crippen LogP contribution in [0.25, 0.3) is 0 Å². The summed E-state index contributed by atoms with van der Waals surface area (Å²) in [4.78, 5) is 15.6. The minimum atomic E-state index is -0.728. The van der Waals surface area contributed by atoms with Crippen LogP contribution >= 0.6 is 0 Å². The first-order valence-corrected chi connectivity index (χ1v) is 6.57. The van der Waals surface area contributed by atoms with Gasteiger partial charge in [-0.3, -0.25) is 9.69 Å². The predicted octanol–water partition coefficient (Wildman–Crippen LogP) is 1.51. The molecule has 1 aliphatic heterocycles. The minimum absolute atomic E-state index is 0.0776. The molecule has 2 heterocycles. The maximum Gasteiger partial charge on any atom is 0.309 e. The van der Waals surface area contributed by atoms with Crippen LogP contribution < -0.4 is 0 Å². The van der Waals surface area contributed by atoms with Gasteiger partial charge in [-0.2, -0.15) is 0 Å². The van der Waals surface area contributed by atoms with E-state index >= 15 is 0 Å². The molecule has 5 heteroatoms. The number of rotatable bonds is 3. The zero-order valence-electron chi connectivity index (χ0n) is 11.8. The summed E-state index contributed by atoms with van der Waals surface area (Å²) >= 11 is 0. The predicted molar refractivity (Wildman–Crippen MR) is 71.8 cm³/mol. The number of hydrogen-bond donors (Lipinski definition) is 1. The van der Waals surface area contributed by atoms with Crippen LogP contribution in [0.5, 0.6) is 0 Å². The van der Waals surface area contributed by atoms with Gasteiger partial charge >= 0.3 is 5.97 Å². The molecule has 1 aromatic heterocycles. The van der Waals surface area contributed by atoms with Crippen molar-refractivity contribution in [3.63, 3.8) is 0 Å². The molecule has 1 saturated heterocycles. The van der Waals surface area contributed by atoms with Crippen LogP contribution in [0.1, 0.15) is 19.6 Å². The van der Waals surface area contributed by atoms with Crippen LogP contribution in [0, 0.1) is 5.92 Å². The van der Waals surface area contributed by atoms with E-state index in [1.54, 1.807) is 6.26 Å². The van der Waals surface area contributed by atoms with Gasteiger partial charge in [-0.05, 0) is 33.0 Å². The van der Waals surface area contributed by atoms with Gasteiger partial charge < -0.3 is 14.4 Å². The molecule has 1 atom stereocenters. The average molecular weight is 266 g/mol. The van der Waals surface area contributed by atoms with E-state index in [1.165, 1.54) is 0 Å². The van der Waals surface area contributed by atoms with Crippen molar-refractivity contribution in [2.75, 3.05) is 26.7 Å². The zero-order chi connectivity index (χ0) is 14.0. The molecule has 19 heavy (non-hydrogen) atoms. The molecule has 1 aliphatic rings. The van der Waals surface area contributed by atoms with Crippen molar-refractivity contribution in [3.05, 3.63) is 24.2 Å². The van der Waals surface area contributed by atoms with Gasteiger partial charge in [0.15, 0.2) is 0 Å². The molecule has 1 N–H and O–H groups in total. The maximum atomic E-state index is 11.3. The molecule has 2 rings (SSSR count). The highest BCUT2D eigenvalue weighted by Gasteiger charge is 2.36. The van der Waals surface area contributed by atoms with Crippen molar-refractivity contribution in [1.82, 2.24) is 9.80 Å². The normalized spacial score (nSPS) is 25.1. The van der Waals surface area contributed by atoms with E-state index in [9.17, 15) is 9.90 Å². The van der Waals surface area contributed by atoms with Gasteiger partial charge in [0.2, 0.25) is 0 Å². The molecule has 1 aromatic rings. The first-order valence-electron chi connectivity index (χ1n) is 6.57. The Labute approximate surface area is 113 Å². The van der Waals surface area contributed by atoms with Gasteiger partial charge in [-0.1, -0.05) is 0 Å². The SMILES string of the molecule is CN1CC(C(=O)O)CN(Cc2ccco2)C(C)(C)C1. The van der Waals surface area contributed by atoms with Crippen LogP contribution in [-0.4, -0.2) is 53.1 Å². The van der Waals surface area contributed by atoms with Crippen LogP contribution in [0.2, 0.25) is 0 Å². The number of hydrogen-bond acceptors (Lipinski definition) is 4. The first kappa shape index (κ1) is 14.1. The molecule has 1 unspecified atom stereocenters. The van der Waals surface area contributed by atoms with Crippen molar-refractivity contribution in [1.29, 1.82) is 0 Å². The third-order valence-corrected chi connectivity index (χ3v) is 3.76. The molecular weight excluding hydrogens is 244 g/mol. The molecule has 0 aromatic carbocycles. The van der Waals surface area contributed by atoms with Crippen LogP contribution in [0.3, 0.4) is 0 Å². The highest BCUT2D eigenvalue weighted by molar-refractivity contribution is 5.70. The Kier molecular flexibility index (Phi) is 3.96. The van der Waals surface area contributed by atoms with E-state index in [0.717, 1.165) is 12.3 Å². The quantitative estimate of drug-likeness (QED) is 0.898.